The van der Waals surface area contributed by atoms with Gasteiger partial charge < -0.3 is 15.5 Å². The molecule has 1 heterocycles. The summed E-state index contributed by atoms with van der Waals surface area (Å²) in [7, 11) is 0. The average molecular weight is 264 g/mol. The summed E-state index contributed by atoms with van der Waals surface area (Å²) < 4.78 is 5.48. The molecule has 1 aromatic heterocycles. The van der Waals surface area contributed by atoms with Gasteiger partial charge >= 0.3 is 0 Å². The van der Waals surface area contributed by atoms with E-state index in [1.54, 1.807) is 6.07 Å². The zero-order valence-corrected chi connectivity index (χ0v) is 12.4. The molecule has 0 atom stereocenters. The van der Waals surface area contributed by atoms with Crippen molar-refractivity contribution in [3.8, 4) is 0 Å². The van der Waals surface area contributed by atoms with Crippen molar-refractivity contribution in [2.45, 2.75) is 53.1 Å². The van der Waals surface area contributed by atoms with Gasteiger partial charge in [-0.1, -0.05) is 34.6 Å². The number of nitrogens with one attached hydrogen (secondary N) is 1. The van der Waals surface area contributed by atoms with Gasteiger partial charge in [0.1, 0.15) is 5.76 Å². The van der Waals surface area contributed by atoms with Gasteiger partial charge in [0.15, 0.2) is 5.76 Å². The molecule has 19 heavy (non-hydrogen) atoms. The lowest BCUT2D eigenvalue weighted by molar-refractivity contribution is -0.0666. The molecule has 1 fully saturated rings. The van der Waals surface area contributed by atoms with E-state index >= 15 is 0 Å². The first-order chi connectivity index (χ1) is 8.71. The van der Waals surface area contributed by atoms with E-state index in [0.717, 1.165) is 12.2 Å². The SMILES string of the molecule is CCc1ccc(C(=O)NC2C(C)(C)C(N)C2(C)C)o1. The molecule has 0 saturated heterocycles. The van der Waals surface area contributed by atoms with Crippen LogP contribution in [0.5, 0.6) is 0 Å². The normalized spacial score (nSPS) is 27.7. The average Bonchev–Trinajstić information content (AvgIpc) is 2.83. The highest BCUT2D eigenvalue weighted by atomic mass is 16.3. The fourth-order valence-corrected chi connectivity index (χ4v) is 3.44. The number of amides is 1. The number of furan rings is 1. The third kappa shape index (κ3) is 2.08. The molecule has 2 rings (SSSR count). The first kappa shape index (κ1) is 14.1. The summed E-state index contributed by atoms with van der Waals surface area (Å²) in [5, 5.41) is 3.07. The summed E-state index contributed by atoms with van der Waals surface area (Å²) in [6, 6.07) is 3.70. The maximum atomic E-state index is 12.2. The molecule has 1 aromatic rings. The minimum absolute atomic E-state index is 0.0534. The van der Waals surface area contributed by atoms with Crippen LogP contribution >= 0.6 is 0 Å². The fourth-order valence-electron chi connectivity index (χ4n) is 3.44. The van der Waals surface area contributed by atoms with Crippen molar-refractivity contribution in [2.24, 2.45) is 16.6 Å². The minimum Gasteiger partial charge on any atom is -0.456 e. The van der Waals surface area contributed by atoms with Crippen LogP contribution in [0.4, 0.5) is 0 Å². The zero-order valence-electron chi connectivity index (χ0n) is 12.4. The second-order valence-corrected chi connectivity index (χ2v) is 6.65. The first-order valence-electron chi connectivity index (χ1n) is 6.86. The Morgan fingerprint density at radius 3 is 2.37 bits per heavy atom. The Bertz CT molecular complexity index is 472. The third-order valence-corrected chi connectivity index (χ3v) is 4.60. The number of hydrogen-bond acceptors (Lipinski definition) is 3. The van der Waals surface area contributed by atoms with E-state index in [-0.39, 0.29) is 28.8 Å². The van der Waals surface area contributed by atoms with Crippen LogP contribution in [0.1, 0.15) is 50.9 Å². The summed E-state index contributed by atoms with van der Waals surface area (Å²) in [4.78, 5) is 12.2. The maximum absolute atomic E-state index is 12.2. The second-order valence-electron chi connectivity index (χ2n) is 6.65. The molecule has 0 unspecified atom stereocenters. The maximum Gasteiger partial charge on any atom is 0.287 e. The van der Waals surface area contributed by atoms with Crippen molar-refractivity contribution in [2.75, 3.05) is 0 Å². The lowest BCUT2D eigenvalue weighted by atomic mass is 9.48. The van der Waals surface area contributed by atoms with Crippen molar-refractivity contribution >= 4 is 5.91 Å². The van der Waals surface area contributed by atoms with Gasteiger partial charge in [-0.15, -0.1) is 0 Å². The van der Waals surface area contributed by atoms with Gasteiger partial charge in [0.2, 0.25) is 0 Å². The molecule has 1 saturated carbocycles. The molecular formula is C15H24N2O2. The monoisotopic (exact) mass is 264 g/mol. The number of rotatable bonds is 3. The molecule has 0 radical (unpaired) electrons. The Morgan fingerprint density at radius 1 is 1.32 bits per heavy atom. The minimum atomic E-state index is -0.155. The molecular weight excluding hydrogens is 240 g/mol. The number of hydrogen-bond donors (Lipinski definition) is 2. The first-order valence-corrected chi connectivity index (χ1v) is 6.86. The molecule has 1 amide bonds. The summed E-state index contributed by atoms with van der Waals surface area (Å²) in [5.41, 5.74) is 5.99. The Morgan fingerprint density at radius 2 is 1.89 bits per heavy atom. The van der Waals surface area contributed by atoms with E-state index in [9.17, 15) is 4.79 Å². The van der Waals surface area contributed by atoms with Crippen molar-refractivity contribution in [1.82, 2.24) is 5.32 Å². The van der Waals surface area contributed by atoms with Gasteiger partial charge in [0.05, 0.1) is 0 Å². The lowest BCUT2D eigenvalue weighted by Gasteiger charge is -2.62. The van der Waals surface area contributed by atoms with Crippen LogP contribution in [0.25, 0.3) is 0 Å². The van der Waals surface area contributed by atoms with E-state index in [1.807, 2.05) is 13.0 Å². The zero-order chi connectivity index (χ0) is 14.4. The van der Waals surface area contributed by atoms with Crippen LogP contribution in [-0.2, 0) is 6.42 Å². The van der Waals surface area contributed by atoms with Crippen molar-refractivity contribution in [1.29, 1.82) is 0 Å². The molecule has 0 aliphatic heterocycles. The lowest BCUT2D eigenvalue weighted by Crippen LogP contribution is -2.76. The summed E-state index contributed by atoms with van der Waals surface area (Å²) in [6.07, 6.45) is 0.790. The Balaban J connectivity index is 2.11. The number of aryl methyl sites for hydroxylation is 1. The standard InChI is InChI=1S/C15H24N2O2/c1-6-9-7-8-10(19-9)11(18)17-13-14(2,3)12(16)15(13,4)5/h7-8,12-13H,6,16H2,1-5H3,(H,17,18). The van der Waals surface area contributed by atoms with Crippen LogP contribution < -0.4 is 11.1 Å². The Kier molecular flexibility index (Phi) is 3.25. The van der Waals surface area contributed by atoms with Crippen molar-refractivity contribution in [3.05, 3.63) is 23.7 Å². The van der Waals surface area contributed by atoms with Gasteiger partial charge in [-0.3, -0.25) is 4.79 Å². The Hall–Kier alpha value is -1.29. The van der Waals surface area contributed by atoms with Crippen LogP contribution in [0.3, 0.4) is 0 Å². The molecule has 4 nitrogen and oxygen atoms in total. The number of carbonyl (C=O) groups excluding carboxylic acids is 1. The van der Waals surface area contributed by atoms with Crippen LogP contribution in [0.2, 0.25) is 0 Å². The van der Waals surface area contributed by atoms with Crippen LogP contribution in [-0.4, -0.2) is 18.0 Å². The molecule has 0 bridgehead atoms. The van der Waals surface area contributed by atoms with E-state index in [0.29, 0.717) is 5.76 Å². The predicted octanol–water partition coefficient (Wildman–Crippen LogP) is 2.33. The summed E-state index contributed by atoms with van der Waals surface area (Å²) in [6.45, 7) is 10.4. The molecule has 0 aromatic carbocycles. The van der Waals surface area contributed by atoms with E-state index in [4.69, 9.17) is 10.2 Å². The fraction of sp³-hybridized carbons (Fsp3) is 0.667. The highest BCUT2D eigenvalue weighted by molar-refractivity contribution is 5.92. The second kappa shape index (κ2) is 4.37. The van der Waals surface area contributed by atoms with E-state index < -0.39 is 0 Å². The van der Waals surface area contributed by atoms with Gasteiger partial charge in [0.25, 0.3) is 5.91 Å². The third-order valence-electron chi connectivity index (χ3n) is 4.60. The molecule has 1 aliphatic carbocycles. The van der Waals surface area contributed by atoms with Crippen LogP contribution in [0.15, 0.2) is 16.5 Å². The molecule has 106 valence electrons. The van der Waals surface area contributed by atoms with Gasteiger partial charge in [-0.2, -0.15) is 0 Å². The van der Waals surface area contributed by atoms with Crippen molar-refractivity contribution in [3.63, 3.8) is 0 Å². The van der Waals surface area contributed by atoms with E-state index in [1.165, 1.54) is 0 Å². The molecule has 1 aliphatic rings. The predicted molar refractivity (Wildman–Crippen MR) is 74.9 cm³/mol. The number of carbonyl (C=O) groups is 1. The molecule has 3 N–H and O–H groups in total. The smallest absolute Gasteiger partial charge is 0.287 e. The highest BCUT2D eigenvalue weighted by Gasteiger charge is 2.60. The molecule has 0 spiro atoms. The highest BCUT2D eigenvalue weighted by Crippen LogP contribution is 2.52. The number of nitrogens with two attached hydrogens (primary N) is 1. The topological polar surface area (TPSA) is 68.3 Å². The summed E-state index contributed by atoms with van der Waals surface area (Å²) >= 11 is 0. The Labute approximate surface area is 114 Å². The quantitative estimate of drug-likeness (QED) is 0.880. The van der Waals surface area contributed by atoms with Crippen molar-refractivity contribution < 1.29 is 9.21 Å². The largest absolute Gasteiger partial charge is 0.456 e. The summed E-state index contributed by atoms with van der Waals surface area (Å²) in [5.74, 6) is 1.05. The van der Waals surface area contributed by atoms with Gasteiger partial charge in [0, 0.05) is 29.3 Å². The van der Waals surface area contributed by atoms with Gasteiger partial charge in [-0.25, -0.2) is 0 Å². The van der Waals surface area contributed by atoms with Gasteiger partial charge in [-0.05, 0) is 12.1 Å². The van der Waals surface area contributed by atoms with E-state index in [2.05, 4.69) is 33.0 Å². The molecule has 4 heteroatoms. The van der Waals surface area contributed by atoms with Crippen LogP contribution in [0, 0.1) is 10.8 Å².